The van der Waals surface area contributed by atoms with Crippen LogP contribution in [0.4, 0.5) is 28.4 Å². The van der Waals surface area contributed by atoms with E-state index in [4.69, 9.17) is 4.42 Å². The summed E-state index contributed by atoms with van der Waals surface area (Å²) in [7, 11) is 0. The zero-order valence-corrected chi connectivity index (χ0v) is 30.1. The van der Waals surface area contributed by atoms with Gasteiger partial charge in [-0.15, -0.1) is 0 Å². The van der Waals surface area contributed by atoms with Gasteiger partial charge in [0.25, 0.3) is 0 Å². The van der Waals surface area contributed by atoms with Crippen LogP contribution in [0.15, 0.2) is 199 Å². The average molecular weight is 705 g/mol. The number of furan rings is 1. The van der Waals surface area contributed by atoms with E-state index in [0.29, 0.717) is 0 Å². The first-order chi connectivity index (χ1) is 27.3. The molecule has 0 fully saturated rings. The van der Waals surface area contributed by atoms with Crippen LogP contribution in [0.3, 0.4) is 0 Å². The quantitative estimate of drug-likeness (QED) is 0.165. The fraction of sp³-hybridized carbons (Fsp3) is 0.0385. The molecule has 0 spiro atoms. The molecule has 9 aromatic carbocycles. The number of para-hydroxylation sites is 4. The minimum atomic E-state index is 0.0418. The Morgan fingerprint density at radius 2 is 1.13 bits per heavy atom. The van der Waals surface area contributed by atoms with Gasteiger partial charge in [-0.1, -0.05) is 146 Å². The van der Waals surface area contributed by atoms with Gasteiger partial charge in [-0.25, -0.2) is 0 Å². The van der Waals surface area contributed by atoms with E-state index in [1.807, 2.05) is 6.07 Å². The Labute approximate surface area is 319 Å². The maximum atomic E-state index is 6.68. The molecule has 3 nitrogen and oxygen atoms in total. The van der Waals surface area contributed by atoms with Crippen LogP contribution in [0.1, 0.15) is 18.0 Å². The van der Waals surface area contributed by atoms with Crippen molar-refractivity contribution in [2.24, 2.45) is 0 Å². The van der Waals surface area contributed by atoms with Gasteiger partial charge in [-0.2, -0.15) is 0 Å². The second-order valence-corrected chi connectivity index (χ2v) is 14.4. The van der Waals surface area contributed by atoms with Crippen molar-refractivity contribution >= 4 is 78.0 Å². The molecule has 0 saturated heterocycles. The van der Waals surface area contributed by atoms with E-state index in [9.17, 15) is 0 Å². The topological polar surface area (TPSA) is 19.6 Å². The van der Waals surface area contributed by atoms with Crippen molar-refractivity contribution < 1.29 is 4.42 Å². The maximum absolute atomic E-state index is 6.68. The molecule has 0 radical (unpaired) electrons. The summed E-state index contributed by atoms with van der Waals surface area (Å²) in [6.45, 7) is 0. The highest BCUT2D eigenvalue weighted by Gasteiger charge is 2.30. The number of rotatable bonds is 7. The fourth-order valence-electron chi connectivity index (χ4n) is 8.90. The molecule has 0 saturated carbocycles. The summed E-state index contributed by atoms with van der Waals surface area (Å²) in [6, 6.07) is 70.0. The molecule has 1 aliphatic rings. The second-order valence-electron chi connectivity index (χ2n) is 14.4. The SMILES string of the molecule is C1=c2ccc3c(N(c4ccccc4)c4cccc(-c5ccccc5)c4)ccc4ccc(c2c43)C(N(c2ccccc2)c2cccc3c2oc2ccccc23)C1. The molecular formula is C52H36N2O. The van der Waals surface area contributed by atoms with Crippen molar-refractivity contribution in [3.63, 3.8) is 0 Å². The van der Waals surface area contributed by atoms with Crippen LogP contribution in [0.5, 0.6) is 0 Å². The van der Waals surface area contributed by atoms with E-state index < -0.39 is 0 Å². The summed E-state index contributed by atoms with van der Waals surface area (Å²) in [5.74, 6) is 0. The summed E-state index contributed by atoms with van der Waals surface area (Å²) in [4.78, 5) is 4.92. The molecule has 1 aromatic heterocycles. The van der Waals surface area contributed by atoms with Gasteiger partial charge in [-0.05, 0) is 99.1 Å². The van der Waals surface area contributed by atoms with Crippen molar-refractivity contribution in [3.8, 4) is 11.1 Å². The largest absolute Gasteiger partial charge is 0.454 e. The monoisotopic (exact) mass is 704 g/mol. The summed E-state index contributed by atoms with van der Waals surface area (Å²) >= 11 is 0. The predicted octanol–water partition coefficient (Wildman–Crippen LogP) is 13.8. The van der Waals surface area contributed by atoms with E-state index in [1.165, 1.54) is 43.5 Å². The highest BCUT2D eigenvalue weighted by molar-refractivity contribution is 6.17. The van der Waals surface area contributed by atoms with Crippen LogP contribution >= 0.6 is 0 Å². The molecule has 3 heteroatoms. The molecule has 0 bridgehead atoms. The molecule has 0 amide bonds. The first-order valence-corrected chi connectivity index (χ1v) is 19.0. The third-order valence-corrected chi connectivity index (χ3v) is 11.3. The van der Waals surface area contributed by atoms with E-state index in [2.05, 4.69) is 204 Å². The molecule has 11 rings (SSSR count). The maximum Gasteiger partial charge on any atom is 0.159 e. The lowest BCUT2D eigenvalue weighted by molar-refractivity contribution is 0.659. The first kappa shape index (κ1) is 31.4. The van der Waals surface area contributed by atoms with Crippen molar-refractivity contribution in [1.29, 1.82) is 0 Å². The molecule has 0 N–H and O–H groups in total. The molecule has 1 heterocycles. The second kappa shape index (κ2) is 12.8. The lowest BCUT2D eigenvalue weighted by Crippen LogP contribution is -2.27. The molecular weight excluding hydrogens is 669 g/mol. The third-order valence-electron chi connectivity index (χ3n) is 11.3. The van der Waals surface area contributed by atoms with Crippen LogP contribution in [0.25, 0.3) is 60.7 Å². The summed E-state index contributed by atoms with van der Waals surface area (Å²) < 4.78 is 6.68. The number of anilines is 5. The van der Waals surface area contributed by atoms with E-state index in [-0.39, 0.29) is 6.04 Å². The molecule has 1 atom stereocenters. The van der Waals surface area contributed by atoms with Crippen LogP contribution in [-0.2, 0) is 0 Å². The smallest absolute Gasteiger partial charge is 0.159 e. The fourth-order valence-corrected chi connectivity index (χ4v) is 8.90. The van der Waals surface area contributed by atoms with Gasteiger partial charge >= 0.3 is 0 Å². The highest BCUT2D eigenvalue weighted by atomic mass is 16.3. The minimum Gasteiger partial charge on any atom is -0.454 e. The van der Waals surface area contributed by atoms with Gasteiger partial charge in [0.1, 0.15) is 5.58 Å². The van der Waals surface area contributed by atoms with E-state index in [0.717, 1.165) is 56.8 Å². The van der Waals surface area contributed by atoms with Gasteiger partial charge in [0.2, 0.25) is 0 Å². The van der Waals surface area contributed by atoms with Crippen LogP contribution in [0.2, 0.25) is 0 Å². The first-order valence-electron chi connectivity index (χ1n) is 19.0. The van der Waals surface area contributed by atoms with Crippen molar-refractivity contribution in [2.45, 2.75) is 12.5 Å². The molecule has 260 valence electrons. The van der Waals surface area contributed by atoms with Gasteiger partial charge < -0.3 is 14.2 Å². The van der Waals surface area contributed by atoms with Gasteiger partial charge in [0.05, 0.1) is 17.4 Å². The Morgan fingerprint density at radius 3 is 1.96 bits per heavy atom. The van der Waals surface area contributed by atoms with Gasteiger partial charge in [0, 0.05) is 33.2 Å². The molecule has 0 aliphatic heterocycles. The number of hydrogen-bond acceptors (Lipinski definition) is 3. The summed E-state index contributed by atoms with van der Waals surface area (Å²) in [5, 5.41) is 8.64. The average Bonchev–Trinajstić information content (AvgIpc) is 3.65. The standard InChI is InChI=1S/C52H36N2O/c1-4-14-35(15-5-1)38-16-12-21-41(34-38)53(39-17-6-2-7-18-39)46-32-28-36-27-31-45-47(33-29-37-26-30-44(46)50(36)51(37)45)54(40-19-8-3-9-20-40)48-24-13-23-43-42-22-10-11-25-49(42)55-52(43)48/h1-32,34,47H,33H2. The highest BCUT2D eigenvalue weighted by Crippen LogP contribution is 2.48. The lowest BCUT2D eigenvalue weighted by Gasteiger charge is -2.36. The number of benzene rings is 9. The third kappa shape index (κ3) is 5.12. The number of nitrogens with zero attached hydrogens (tertiary/aromatic N) is 2. The zero-order chi connectivity index (χ0) is 36.3. The zero-order valence-electron chi connectivity index (χ0n) is 30.1. The lowest BCUT2D eigenvalue weighted by atomic mass is 9.85. The molecule has 10 aromatic rings. The van der Waals surface area contributed by atoms with Crippen LogP contribution in [0, 0.1) is 0 Å². The molecule has 1 unspecified atom stereocenters. The normalized spacial score (nSPS) is 13.7. The summed E-state index contributed by atoms with van der Waals surface area (Å²) in [6.07, 6.45) is 3.30. The molecule has 1 aliphatic carbocycles. The Balaban J connectivity index is 1.13. The summed E-state index contributed by atoms with van der Waals surface area (Å²) in [5.41, 5.74) is 11.1. The van der Waals surface area contributed by atoms with Gasteiger partial charge in [-0.3, -0.25) is 0 Å². The minimum absolute atomic E-state index is 0.0418. The predicted molar refractivity (Wildman–Crippen MR) is 231 cm³/mol. The number of fused-ring (bicyclic) bond motifs is 3. The van der Waals surface area contributed by atoms with Crippen LogP contribution in [-0.4, -0.2) is 0 Å². The van der Waals surface area contributed by atoms with Crippen molar-refractivity contribution in [2.75, 3.05) is 9.80 Å². The van der Waals surface area contributed by atoms with E-state index >= 15 is 0 Å². The Bertz CT molecular complexity index is 3080. The Hall–Kier alpha value is -7.10. The number of hydrogen-bond donors (Lipinski definition) is 0. The molecule has 55 heavy (non-hydrogen) atoms. The van der Waals surface area contributed by atoms with Crippen molar-refractivity contribution in [1.82, 2.24) is 0 Å². The Kier molecular flexibility index (Phi) is 7.31. The van der Waals surface area contributed by atoms with Gasteiger partial charge in [0.15, 0.2) is 5.58 Å². The van der Waals surface area contributed by atoms with E-state index in [1.54, 1.807) is 0 Å². The Morgan fingerprint density at radius 1 is 0.455 bits per heavy atom. The van der Waals surface area contributed by atoms with Crippen LogP contribution < -0.4 is 15.0 Å². The van der Waals surface area contributed by atoms with Crippen molar-refractivity contribution in [3.05, 3.63) is 205 Å².